The smallest absolute Gasteiger partial charge is 0.161 e. The zero-order valence-corrected chi connectivity index (χ0v) is 11.8. The van der Waals surface area contributed by atoms with Crippen molar-refractivity contribution in [2.24, 2.45) is 5.73 Å². The van der Waals surface area contributed by atoms with E-state index in [4.69, 9.17) is 15.2 Å². The molecule has 0 heterocycles. The Balaban J connectivity index is 2.01. The Morgan fingerprint density at radius 2 is 1.72 bits per heavy atom. The van der Waals surface area contributed by atoms with Gasteiger partial charge in [0.2, 0.25) is 0 Å². The number of nitrogens with two attached hydrogens (primary N) is 1. The van der Waals surface area contributed by atoms with E-state index in [1.165, 1.54) is 17.7 Å². The second-order valence-corrected chi connectivity index (χ2v) is 6.05. The largest absolute Gasteiger partial charge is 0.493 e. The van der Waals surface area contributed by atoms with Crippen molar-refractivity contribution in [3.8, 4) is 11.5 Å². The Kier molecular flexibility index (Phi) is 4.78. The molecule has 1 aliphatic carbocycles. The molecule has 100 valence electrons. The maximum atomic E-state index is 5.93. The first-order chi connectivity index (χ1) is 8.72. The predicted octanol–water partition coefficient (Wildman–Crippen LogP) is 3.07. The van der Waals surface area contributed by atoms with Crippen molar-refractivity contribution in [2.45, 2.75) is 41.9 Å². The van der Waals surface area contributed by atoms with Crippen molar-refractivity contribution in [1.29, 1.82) is 0 Å². The minimum absolute atomic E-state index is 0.409. The molecular formula is C14H21NO2S. The average molecular weight is 267 g/mol. The molecule has 0 radical (unpaired) electrons. The number of thioether (sulfide) groups is 1. The lowest BCUT2D eigenvalue weighted by Gasteiger charge is -2.25. The van der Waals surface area contributed by atoms with Crippen LogP contribution in [-0.2, 0) is 0 Å². The molecule has 0 bridgehead atoms. The molecule has 1 aromatic rings. The summed E-state index contributed by atoms with van der Waals surface area (Å²) in [6.07, 6.45) is 4.70. The van der Waals surface area contributed by atoms with Gasteiger partial charge in [-0.15, -0.1) is 11.8 Å². The van der Waals surface area contributed by atoms with Crippen LogP contribution in [0.15, 0.2) is 23.1 Å². The molecule has 0 spiro atoms. The van der Waals surface area contributed by atoms with Gasteiger partial charge in [0.15, 0.2) is 11.5 Å². The van der Waals surface area contributed by atoms with Gasteiger partial charge in [0.05, 0.1) is 14.2 Å². The molecule has 0 aliphatic heterocycles. The molecule has 0 atom stereocenters. The number of hydrogen-bond acceptors (Lipinski definition) is 4. The highest BCUT2D eigenvalue weighted by Crippen LogP contribution is 2.37. The Bertz CT molecular complexity index is 389. The predicted molar refractivity (Wildman–Crippen MR) is 75.6 cm³/mol. The summed E-state index contributed by atoms with van der Waals surface area (Å²) in [5.74, 6) is 1.59. The SMILES string of the molecule is COc1ccc(SC2CCC(N)CC2)cc1OC. The molecule has 0 unspecified atom stereocenters. The summed E-state index contributed by atoms with van der Waals surface area (Å²) in [5, 5.41) is 0.683. The second-order valence-electron chi connectivity index (χ2n) is 4.67. The Labute approximate surface area is 113 Å². The van der Waals surface area contributed by atoms with E-state index in [0.29, 0.717) is 11.3 Å². The van der Waals surface area contributed by atoms with Crippen LogP contribution in [0.5, 0.6) is 11.5 Å². The summed E-state index contributed by atoms with van der Waals surface area (Å²) >= 11 is 1.92. The van der Waals surface area contributed by atoms with Crippen molar-refractivity contribution in [3.05, 3.63) is 18.2 Å². The van der Waals surface area contributed by atoms with Crippen LogP contribution in [0.3, 0.4) is 0 Å². The molecule has 1 saturated carbocycles. The molecular weight excluding hydrogens is 246 g/mol. The van der Waals surface area contributed by atoms with Gasteiger partial charge in [-0.05, 0) is 43.9 Å². The zero-order valence-electron chi connectivity index (χ0n) is 11.0. The van der Waals surface area contributed by atoms with Gasteiger partial charge >= 0.3 is 0 Å². The normalized spacial score (nSPS) is 23.7. The quantitative estimate of drug-likeness (QED) is 0.910. The van der Waals surface area contributed by atoms with E-state index in [2.05, 4.69) is 12.1 Å². The highest BCUT2D eigenvalue weighted by Gasteiger charge is 2.19. The maximum absolute atomic E-state index is 5.93. The third-order valence-electron chi connectivity index (χ3n) is 3.38. The van der Waals surface area contributed by atoms with E-state index in [9.17, 15) is 0 Å². The number of hydrogen-bond donors (Lipinski definition) is 1. The van der Waals surface area contributed by atoms with E-state index in [1.807, 2.05) is 17.8 Å². The fourth-order valence-corrected chi connectivity index (χ4v) is 3.50. The fourth-order valence-electron chi connectivity index (χ4n) is 2.29. The fraction of sp³-hybridized carbons (Fsp3) is 0.571. The Hall–Kier alpha value is -0.870. The Morgan fingerprint density at radius 1 is 1.06 bits per heavy atom. The zero-order chi connectivity index (χ0) is 13.0. The van der Waals surface area contributed by atoms with Crippen molar-refractivity contribution in [3.63, 3.8) is 0 Å². The van der Waals surface area contributed by atoms with Crippen molar-refractivity contribution < 1.29 is 9.47 Å². The lowest BCUT2D eigenvalue weighted by molar-refractivity contribution is 0.354. The molecule has 0 amide bonds. The second kappa shape index (κ2) is 6.34. The number of ether oxygens (including phenoxy) is 2. The third-order valence-corrected chi connectivity index (χ3v) is 4.71. The molecule has 2 rings (SSSR count). The van der Waals surface area contributed by atoms with Crippen LogP contribution in [0.1, 0.15) is 25.7 Å². The van der Waals surface area contributed by atoms with Crippen molar-refractivity contribution >= 4 is 11.8 Å². The summed E-state index contributed by atoms with van der Waals surface area (Å²) in [7, 11) is 3.33. The maximum Gasteiger partial charge on any atom is 0.161 e. The van der Waals surface area contributed by atoms with Crippen LogP contribution in [0, 0.1) is 0 Å². The van der Waals surface area contributed by atoms with Gasteiger partial charge in [-0.2, -0.15) is 0 Å². The molecule has 0 aromatic heterocycles. The minimum Gasteiger partial charge on any atom is -0.493 e. The summed E-state index contributed by atoms with van der Waals surface area (Å²) in [4.78, 5) is 1.24. The van der Waals surface area contributed by atoms with Crippen molar-refractivity contribution in [1.82, 2.24) is 0 Å². The molecule has 3 nitrogen and oxygen atoms in total. The van der Waals surface area contributed by atoms with Crippen LogP contribution >= 0.6 is 11.8 Å². The van der Waals surface area contributed by atoms with E-state index in [-0.39, 0.29) is 0 Å². The molecule has 4 heteroatoms. The van der Waals surface area contributed by atoms with Gasteiger partial charge < -0.3 is 15.2 Å². The van der Waals surface area contributed by atoms with Gasteiger partial charge in [-0.3, -0.25) is 0 Å². The van der Waals surface area contributed by atoms with Crippen LogP contribution in [0.2, 0.25) is 0 Å². The summed E-state index contributed by atoms with van der Waals surface area (Å²) in [6.45, 7) is 0. The van der Waals surface area contributed by atoms with Crippen LogP contribution in [0.4, 0.5) is 0 Å². The first kappa shape index (κ1) is 13.6. The molecule has 1 aliphatic rings. The van der Waals surface area contributed by atoms with Crippen LogP contribution < -0.4 is 15.2 Å². The first-order valence-electron chi connectivity index (χ1n) is 6.37. The van der Waals surface area contributed by atoms with Crippen LogP contribution in [0.25, 0.3) is 0 Å². The van der Waals surface area contributed by atoms with E-state index >= 15 is 0 Å². The summed E-state index contributed by atoms with van der Waals surface area (Å²) < 4.78 is 10.6. The van der Waals surface area contributed by atoms with Gasteiger partial charge in [-0.25, -0.2) is 0 Å². The van der Waals surface area contributed by atoms with E-state index in [0.717, 1.165) is 24.3 Å². The first-order valence-corrected chi connectivity index (χ1v) is 7.25. The third kappa shape index (κ3) is 3.33. The molecule has 0 saturated heterocycles. The van der Waals surface area contributed by atoms with E-state index in [1.54, 1.807) is 14.2 Å². The minimum atomic E-state index is 0.409. The molecule has 1 fully saturated rings. The standard InChI is InChI=1S/C14H21NO2S/c1-16-13-8-7-12(9-14(13)17-2)18-11-5-3-10(15)4-6-11/h7-11H,3-6,15H2,1-2H3. The highest BCUT2D eigenvalue weighted by atomic mass is 32.2. The van der Waals surface area contributed by atoms with E-state index < -0.39 is 0 Å². The number of benzene rings is 1. The number of rotatable bonds is 4. The highest BCUT2D eigenvalue weighted by molar-refractivity contribution is 8.00. The lowest BCUT2D eigenvalue weighted by Crippen LogP contribution is -2.27. The van der Waals surface area contributed by atoms with Gasteiger partial charge in [0.1, 0.15) is 0 Å². The van der Waals surface area contributed by atoms with Gasteiger partial charge in [0, 0.05) is 16.2 Å². The topological polar surface area (TPSA) is 44.5 Å². The van der Waals surface area contributed by atoms with Crippen LogP contribution in [-0.4, -0.2) is 25.5 Å². The van der Waals surface area contributed by atoms with Gasteiger partial charge in [-0.1, -0.05) is 0 Å². The lowest BCUT2D eigenvalue weighted by atomic mass is 9.96. The molecule has 2 N–H and O–H groups in total. The summed E-state index contributed by atoms with van der Waals surface area (Å²) in [5.41, 5.74) is 5.93. The molecule has 1 aromatic carbocycles. The number of methoxy groups -OCH3 is 2. The monoisotopic (exact) mass is 267 g/mol. The average Bonchev–Trinajstić information content (AvgIpc) is 2.41. The Morgan fingerprint density at radius 3 is 2.33 bits per heavy atom. The van der Waals surface area contributed by atoms with Gasteiger partial charge in [0.25, 0.3) is 0 Å². The van der Waals surface area contributed by atoms with Crippen molar-refractivity contribution in [2.75, 3.05) is 14.2 Å². The molecule has 18 heavy (non-hydrogen) atoms. The summed E-state index contributed by atoms with van der Waals surface area (Å²) in [6, 6.07) is 6.53.